The molecule has 0 fully saturated rings. The van der Waals surface area contributed by atoms with Crippen molar-refractivity contribution in [3.05, 3.63) is 48.2 Å². The van der Waals surface area contributed by atoms with Crippen molar-refractivity contribution in [2.24, 2.45) is 0 Å². The van der Waals surface area contributed by atoms with Gasteiger partial charge in [-0.3, -0.25) is 5.10 Å². The van der Waals surface area contributed by atoms with Gasteiger partial charge in [-0.25, -0.2) is 8.78 Å². The van der Waals surface area contributed by atoms with Gasteiger partial charge < -0.3 is 5.73 Å². The largest absolute Gasteiger partial charge is 0.398 e. The lowest BCUT2D eigenvalue weighted by atomic mass is 10.2. The molecule has 0 radical (unpaired) electrons. The van der Waals surface area contributed by atoms with Gasteiger partial charge in [0.2, 0.25) is 0 Å². The second-order valence-electron chi connectivity index (χ2n) is 4.02. The Morgan fingerprint density at radius 1 is 1.11 bits per heavy atom. The Bertz CT molecular complexity index is 755. The van der Waals surface area contributed by atoms with Gasteiger partial charge in [0.15, 0.2) is 0 Å². The molecule has 0 saturated heterocycles. The van der Waals surface area contributed by atoms with E-state index >= 15 is 0 Å². The molecule has 1 aromatic heterocycles. The van der Waals surface area contributed by atoms with E-state index in [1.807, 2.05) is 0 Å². The van der Waals surface area contributed by atoms with Crippen LogP contribution in [-0.4, -0.2) is 10.2 Å². The number of H-pyrrole nitrogens is 1. The molecule has 0 bridgehead atoms. The van der Waals surface area contributed by atoms with Crippen molar-refractivity contribution in [3.63, 3.8) is 0 Å². The monoisotopic (exact) mass is 277 g/mol. The summed E-state index contributed by atoms with van der Waals surface area (Å²) in [5, 5.41) is 7.59. The summed E-state index contributed by atoms with van der Waals surface area (Å²) in [6, 6.07) is 6.85. The van der Waals surface area contributed by atoms with Gasteiger partial charge >= 0.3 is 0 Å². The lowest BCUT2D eigenvalue weighted by molar-refractivity contribution is 0.577. The molecule has 6 heteroatoms. The molecule has 0 aliphatic rings. The summed E-state index contributed by atoms with van der Waals surface area (Å²) in [5.41, 5.74) is 7.21. The number of fused-ring (bicyclic) bond motifs is 1. The van der Waals surface area contributed by atoms with Crippen LogP contribution >= 0.6 is 11.8 Å². The number of halogens is 2. The van der Waals surface area contributed by atoms with Crippen molar-refractivity contribution in [3.8, 4) is 0 Å². The lowest BCUT2D eigenvalue weighted by Crippen LogP contribution is -1.90. The highest BCUT2D eigenvalue weighted by Crippen LogP contribution is 2.35. The number of hydrogen-bond acceptors (Lipinski definition) is 3. The van der Waals surface area contributed by atoms with Crippen molar-refractivity contribution >= 4 is 28.4 Å². The van der Waals surface area contributed by atoms with Crippen LogP contribution in [0.1, 0.15) is 0 Å². The topological polar surface area (TPSA) is 54.7 Å². The van der Waals surface area contributed by atoms with E-state index in [9.17, 15) is 8.78 Å². The third-order valence-electron chi connectivity index (χ3n) is 2.68. The van der Waals surface area contributed by atoms with Gasteiger partial charge in [0, 0.05) is 16.0 Å². The second-order valence-corrected chi connectivity index (χ2v) is 5.11. The molecule has 1 heterocycles. The summed E-state index contributed by atoms with van der Waals surface area (Å²) >= 11 is 1.09. The maximum Gasteiger partial charge on any atom is 0.137 e. The van der Waals surface area contributed by atoms with E-state index in [-0.39, 0.29) is 4.90 Å². The first-order valence-electron chi connectivity index (χ1n) is 5.49. The number of nitrogens with one attached hydrogen (secondary N) is 1. The van der Waals surface area contributed by atoms with Gasteiger partial charge in [-0.2, -0.15) is 5.10 Å². The van der Waals surface area contributed by atoms with Crippen molar-refractivity contribution in [2.45, 2.75) is 9.79 Å². The summed E-state index contributed by atoms with van der Waals surface area (Å²) in [5.74, 6) is -0.958. The minimum atomic E-state index is -0.481. The molecule has 0 unspecified atom stereocenters. The molecule has 0 aliphatic heterocycles. The molecule has 0 amide bonds. The minimum absolute atomic E-state index is 0.200. The maximum atomic E-state index is 13.6. The van der Waals surface area contributed by atoms with E-state index < -0.39 is 11.6 Å². The Kier molecular flexibility index (Phi) is 2.87. The summed E-state index contributed by atoms with van der Waals surface area (Å²) in [4.78, 5) is 0.854. The standard InChI is InChI=1S/C13H9F2N3S/c14-8-1-2-9(15)12(4-8)19-13-5-11-7(3-10(13)16)6-17-18-11/h1-6H,16H2,(H,17,18). The van der Waals surface area contributed by atoms with Gasteiger partial charge in [-0.05, 0) is 30.3 Å². The van der Waals surface area contributed by atoms with Gasteiger partial charge in [0.05, 0.1) is 16.6 Å². The number of nitrogen functional groups attached to an aromatic ring is 1. The summed E-state index contributed by atoms with van der Waals surface area (Å²) < 4.78 is 26.7. The first kappa shape index (κ1) is 12.0. The number of aromatic amines is 1. The molecule has 3 rings (SSSR count). The van der Waals surface area contributed by atoms with E-state index in [1.165, 1.54) is 0 Å². The van der Waals surface area contributed by atoms with Crippen molar-refractivity contribution in [1.29, 1.82) is 0 Å². The predicted octanol–water partition coefficient (Wildman–Crippen LogP) is 3.57. The number of benzene rings is 2. The van der Waals surface area contributed by atoms with E-state index in [0.717, 1.165) is 40.9 Å². The van der Waals surface area contributed by atoms with Crippen LogP contribution in [0, 0.1) is 11.6 Å². The Morgan fingerprint density at radius 2 is 1.95 bits per heavy atom. The average molecular weight is 277 g/mol. The first-order chi connectivity index (χ1) is 9.13. The molecular weight excluding hydrogens is 268 g/mol. The van der Waals surface area contributed by atoms with E-state index in [4.69, 9.17) is 5.73 Å². The molecule has 3 nitrogen and oxygen atoms in total. The fraction of sp³-hybridized carbons (Fsp3) is 0. The maximum absolute atomic E-state index is 13.6. The van der Waals surface area contributed by atoms with Crippen LogP contribution < -0.4 is 5.73 Å². The molecule has 3 N–H and O–H groups in total. The van der Waals surface area contributed by atoms with Crippen molar-refractivity contribution < 1.29 is 8.78 Å². The fourth-order valence-electron chi connectivity index (χ4n) is 1.75. The van der Waals surface area contributed by atoms with E-state index in [1.54, 1.807) is 18.3 Å². The van der Waals surface area contributed by atoms with Crippen molar-refractivity contribution in [1.82, 2.24) is 10.2 Å². The van der Waals surface area contributed by atoms with E-state index in [2.05, 4.69) is 10.2 Å². The van der Waals surface area contributed by atoms with Crippen molar-refractivity contribution in [2.75, 3.05) is 5.73 Å². The SMILES string of the molecule is Nc1cc2cn[nH]c2cc1Sc1cc(F)ccc1F. The second kappa shape index (κ2) is 4.55. The highest BCUT2D eigenvalue weighted by Gasteiger charge is 2.10. The average Bonchev–Trinajstić information content (AvgIpc) is 2.81. The Morgan fingerprint density at radius 3 is 2.79 bits per heavy atom. The van der Waals surface area contributed by atoms with Crippen LogP contribution in [0.4, 0.5) is 14.5 Å². The number of rotatable bonds is 2. The quantitative estimate of drug-likeness (QED) is 0.704. The zero-order valence-corrected chi connectivity index (χ0v) is 10.5. The lowest BCUT2D eigenvalue weighted by Gasteiger charge is -2.06. The van der Waals surface area contributed by atoms with Gasteiger partial charge in [-0.1, -0.05) is 11.8 Å². The first-order valence-corrected chi connectivity index (χ1v) is 6.30. The molecular formula is C13H9F2N3S. The fourth-order valence-corrected chi connectivity index (χ4v) is 2.68. The van der Waals surface area contributed by atoms with Gasteiger partial charge in [0.25, 0.3) is 0 Å². The molecule has 19 heavy (non-hydrogen) atoms. The number of anilines is 1. The number of nitrogens with two attached hydrogens (primary N) is 1. The summed E-state index contributed by atoms with van der Waals surface area (Å²) in [6.45, 7) is 0. The molecule has 3 aromatic rings. The normalized spacial score (nSPS) is 11.1. The number of nitrogens with zero attached hydrogens (tertiary/aromatic N) is 1. The van der Waals surface area contributed by atoms with Crippen LogP contribution in [0.15, 0.2) is 46.3 Å². The van der Waals surface area contributed by atoms with Crippen LogP contribution in [0.5, 0.6) is 0 Å². The van der Waals surface area contributed by atoms with Crippen LogP contribution in [-0.2, 0) is 0 Å². The van der Waals surface area contributed by atoms with Gasteiger partial charge in [-0.15, -0.1) is 0 Å². The molecule has 96 valence electrons. The number of hydrogen-bond donors (Lipinski definition) is 2. The van der Waals surface area contributed by atoms with Crippen LogP contribution in [0.2, 0.25) is 0 Å². The Hall–Kier alpha value is -2.08. The number of aromatic nitrogens is 2. The zero-order chi connectivity index (χ0) is 13.4. The molecule has 0 aliphatic carbocycles. The van der Waals surface area contributed by atoms with Crippen LogP contribution in [0.3, 0.4) is 0 Å². The molecule has 2 aromatic carbocycles. The zero-order valence-electron chi connectivity index (χ0n) is 9.65. The summed E-state index contributed by atoms with van der Waals surface area (Å²) in [7, 11) is 0. The van der Waals surface area contributed by atoms with E-state index in [0.29, 0.717) is 10.6 Å². The molecule has 0 atom stereocenters. The smallest absolute Gasteiger partial charge is 0.137 e. The summed E-state index contributed by atoms with van der Waals surface area (Å²) in [6.07, 6.45) is 1.66. The Labute approximate surface area is 111 Å². The van der Waals surface area contributed by atoms with Gasteiger partial charge in [0.1, 0.15) is 11.6 Å². The minimum Gasteiger partial charge on any atom is -0.398 e. The third kappa shape index (κ3) is 2.26. The highest BCUT2D eigenvalue weighted by molar-refractivity contribution is 7.99. The predicted molar refractivity (Wildman–Crippen MR) is 71.0 cm³/mol. The molecule has 0 saturated carbocycles. The third-order valence-corrected chi connectivity index (χ3v) is 3.79. The van der Waals surface area contributed by atoms with Crippen LogP contribution in [0.25, 0.3) is 10.9 Å². The Balaban J connectivity index is 2.04. The highest BCUT2D eigenvalue weighted by atomic mass is 32.2. The molecule has 0 spiro atoms.